The van der Waals surface area contributed by atoms with E-state index < -0.39 is 0 Å². The number of hydrogen-bond donors (Lipinski definition) is 0. The number of allylic oxidation sites excluding steroid dienone is 1. The van der Waals surface area contributed by atoms with Crippen molar-refractivity contribution in [2.75, 3.05) is 7.11 Å². The number of nitriles is 1. The molecule has 0 radical (unpaired) electrons. The monoisotopic (exact) mass is 372 g/mol. The van der Waals surface area contributed by atoms with Gasteiger partial charge in [-0.15, -0.1) is 11.3 Å². The zero-order valence-electron chi connectivity index (χ0n) is 14.9. The maximum absolute atomic E-state index is 9.59. The Bertz CT molecular complexity index is 1180. The van der Waals surface area contributed by atoms with Crippen LogP contribution in [-0.2, 0) is 7.05 Å². The lowest BCUT2D eigenvalue weighted by Gasteiger charge is -2.00. The highest BCUT2D eigenvalue weighted by atomic mass is 32.1. The average Bonchev–Trinajstić information content (AvgIpc) is 3.32. The fraction of sp³-hybridized carbons (Fsp3) is 0.0952. The van der Waals surface area contributed by atoms with Gasteiger partial charge in [0.25, 0.3) is 0 Å². The van der Waals surface area contributed by atoms with Crippen LogP contribution >= 0.6 is 11.3 Å². The molecule has 0 aliphatic rings. The molecule has 0 spiro atoms. The van der Waals surface area contributed by atoms with Crippen LogP contribution in [0.25, 0.3) is 34.2 Å². The number of rotatable bonds is 4. The van der Waals surface area contributed by atoms with Gasteiger partial charge < -0.3 is 9.30 Å². The Labute approximate surface area is 160 Å². The molecule has 0 amide bonds. The number of methoxy groups -OCH3 is 1. The fourth-order valence-electron chi connectivity index (χ4n) is 2.88. The van der Waals surface area contributed by atoms with Gasteiger partial charge in [-0.3, -0.25) is 0 Å². The van der Waals surface area contributed by atoms with E-state index in [-0.39, 0.29) is 0 Å². The molecule has 2 aromatic carbocycles. The summed E-state index contributed by atoms with van der Waals surface area (Å²) < 4.78 is 7.19. The molecule has 132 valence electrons. The molecule has 5 nitrogen and oxygen atoms in total. The maximum Gasteiger partial charge on any atom is 0.160 e. The van der Waals surface area contributed by atoms with Gasteiger partial charge in [0.15, 0.2) is 5.82 Å². The third-order valence-electron chi connectivity index (χ3n) is 4.30. The van der Waals surface area contributed by atoms with Crippen molar-refractivity contribution in [3.8, 4) is 23.3 Å². The topological polar surface area (TPSA) is 63.7 Å². The van der Waals surface area contributed by atoms with Crippen LogP contribution in [0.3, 0.4) is 0 Å². The van der Waals surface area contributed by atoms with E-state index in [9.17, 15) is 5.26 Å². The van der Waals surface area contributed by atoms with Crippen molar-refractivity contribution < 1.29 is 4.74 Å². The number of para-hydroxylation sites is 2. The molecule has 0 N–H and O–H groups in total. The third kappa shape index (κ3) is 3.21. The van der Waals surface area contributed by atoms with Crippen LogP contribution in [0.1, 0.15) is 10.6 Å². The summed E-state index contributed by atoms with van der Waals surface area (Å²) >= 11 is 1.44. The molecule has 2 heterocycles. The van der Waals surface area contributed by atoms with E-state index in [1.54, 1.807) is 7.11 Å². The maximum atomic E-state index is 9.59. The van der Waals surface area contributed by atoms with Crippen molar-refractivity contribution in [2.24, 2.45) is 7.05 Å². The quantitative estimate of drug-likeness (QED) is 0.484. The summed E-state index contributed by atoms with van der Waals surface area (Å²) in [6, 6.07) is 17.8. The summed E-state index contributed by atoms with van der Waals surface area (Å²) in [5.74, 6) is 1.57. The first-order valence-electron chi connectivity index (χ1n) is 8.33. The van der Waals surface area contributed by atoms with Crippen LogP contribution in [-0.4, -0.2) is 21.6 Å². The molecular formula is C21H16N4OS. The number of thiazole rings is 1. The largest absolute Gasteiger partial charge is 0.497 e. The Hall–Kier alpha value is -3.43. The predicted molar refractivity (Wildman–Crippen MR) is 108 cm³/mol. The minimum Gasteiger partial charge on any atom is -0.497 e. The second kappa shape index (κ2) is 7.06. The van der Waals surface area contributed by atoms with Crippen molar-refractivity contribution in [2.45, 2.75) is 0 Å². The van der Waals surface area contributed by atoms with Gasteiger partial charge in [-0.05, 0) is 35.9 Å². The van der Waals surface area contributed by atoms with E-state index in [1.165, 1.54) is 11.3 Å². The van der Waals surface area contributed by atoms with E-state index in [0.29, 0.717) is 10.6 Å². The van der Waals surface area contributed by atoms with Crippen LogP contribution < -0.4 is 4.74 Å². The van der Waals surface area contributed by atoms with Gasteiger partial charge in [0.05, 0.1) is 23.7 Å². The molecule has 4 rings (SSSR count). The zero-order chi connectivity index (χ0) is 18.8. The van der Waals surface area contributed by atoms with Gasteiger partial charge in [-0.25, -0.2) is 9.97 Å². The number of benzene rings is 2. The highest BCUT2D eigenvalue weighted by Crippen LogP contribution is 2.28. The minimum atomic E-state index is 0.523. The van der Waals surface area contributed by atoms with Gasteiger partial charge in [0, 0.05) is 12.4 Å². The molecule has 0 fully saturated rings. The van der Waals surface area contributed by atoms with Crippen LogP contribution in [0, 0.1) is 11.3 Å². The van der Waals surface area contributed by atoms with Gasteiger partial charge in [-0.2, -0.15) is 5.26 Å². The molecule has 0 bridgehead atoms. The smallest absolute Gasteiger partial charge is 0.160 e. The Morgan fingerprint density at radius 2 is 1.93 bits per heavy atom. The number of nitrogens with zero attached hydrogens (tertiary/aromatic N) is 4. The van der Waals surface area contributed by atoms with Crippen molar-refractivity contribution in [1.29, 1.82) is 5.26 Å². The lowest BCUT2D eigenvalue weighted by molar-refractivity contribution is 0.415. The Balaban J connectivity index is 1.70. The molecule has 0 saturated heterocycles. The van der Waals surface area contributed by atoms with Crippen LogP contribution in [0.15, 0.2) is 53.9 Å². The molecule has 0 saturated carbocycles. The van der Waals surface area contributed by atoms with Crippen molar-refractivity contribution in [1.82, 2.24) is 14.5 Å². The SMILES string of the molecule is COc1ccc(/C=C(/C#N)c2nc(-c3nc4ccccc4n3C)cs2)cc1. The van der Waals surface area contributed by atoms with Crippen molar-refractivity contribution in [3.63, 3.8) is 0 Å². The lowest BCUT2D eigenvalue weighted by Crippen LogP contribution is -1.93. The molecule has 0 unspecified atom stereocenters. The number of fused-ring (bicyclic) bond motifs is 1. The summed E-state index contributed by atoms with van der Waals surface area (Å²) in [7, 11) is 3.60. The highest BCUT2D eigenvalue weighted by Gasteiger charge is 2.14. The molecule has 27 heavy (non-hydrogen) atoms. The predicted octanol–water partition coefficient (Wildman–Crippen LogP) is 4.77. The van der Waals surface area contributed by atoms with Crippen LogP contribution in [0.4, 0.5) is 0 Å². The highest BCUT2D eigenvalue weighted by molar-refractivity contribution is 7.11. The summed E-state index contributed by atoms with van der Waals surface area (Å²) in [4.78, 5) is 9.33. The number of aryl methyl sites for hydroxylation is 1. The normalized spacial score (nSPS) is 11.5. The summed E-state index contributed by atoms with van der Waals surface area (Å²) in [6.45, 7) is 0. The van der Waals surface area contributed by atoms with E-state index in [4.69, 9.17) is 4.74 Å². The van der Waals surface area contributed by atoms with Gasteiger partial charge >= 0.3 is 0 Å². The molecule has 2 aromatic heterocycles. The second-order valence-electron chi connectivity index (χ2n) is 5.96. The first-order valence-corrected chi connectivity index (χ1v) is 9.21. The Kier molecular flexibility index (Phi) is 4.45. The fourth-order valence-corrected chi connectivity index (χ4v) is 3.65. The second-order valence-corrected chi connectivity index (χ2v) is 6.82. The summed E-state index contributed by atoms with van der Waals surface area (Å²) in [6.07, 6.45) is 1.83. The van der Waals surface area contributed by atoms with E-state index in [2.05, 4.69) is 16.0 Å². The molecular weight excluding hydrogens is 356 g/mol. The van der Waals surface area contributed by atoms with Crippen LogP contribution in [0.5, 0.6) is 5.75 Å². The lowest BCUT2D eigenvalue weighted by atomic mass is 10.1. The average molecular weight is 372 g/mol. The zero-order valence-corrected chi connectivity index (χ0v) is 15.7. The molecule has 6 heteroatoms. The number of imidazole rings is 1. The van der Waals surface area contributed by atoms with Gasteiger partial charge in [0.2, 0.25) is 0 Å². The molecule has 4 aromatic rings. The molecule has 0 aliphatic carbocycles. The van der Waals surface area contributed by atoms with Crippen LogP contribution in [0.2, 0.25) is 0 Å². The van der Waals surface area contributed by atoms with Gasteiger partial charge in [-0.1, -0.05) is 24.3 Å². The Morgan fingerprint density at radius 1 is 1.15 bits per heavy atom. The minimum absolute atomic E-state index is 0.523. The van der Waals surface area contributed by atoms with Crippen molar-refractivity contribution in [3.05, 3.63) is 64.5 Å². The van der Waals surface area contributed by atoms with E-state index >= 15 is 0 Å². The standard InChI is InChI=1S/C21H16N4OS/c1-25-19-6-4-3-5-17(19)23-20(25)18-13-27-21(24-18)15(12-22)11-14-7-9-16(26-2)10-8-14/h3-11,13H,1-2H3/b15-11-. The number of hydrogen-bond acceptors (Lipinski definition) is 5. The number of ether oxygens (including phenoxy) is 1. The Morgan fingerprint density at radius 3 is 2.63 bits per heavy atom. The summed E-state index contributed by atoms with van der Waals surface area (Å²) in [5.41, 5.74) is 4.20. The molecule has 0 atom stereocenters. The van der Waals surface area contributed by atoms with E-state index in [0.717, 1.165) is 33.9 Å². The third-order valence-corrected chi connectivity index (χ3v) is 5.17. The first kappa shape index (κ1) is 17.0. The van der Waals surface area contributed by atoms with Crippen molar-refractivity contribution >= 4 is 34.0 Å². The van der Waals surface area contributed by atoms with E-state index in [1.807, 2.05) is 71.6 Å². The molecule has 0 aliphatic heterocycles. The summed E-state index contributed by atoms with van der Waals surface area (Å²) in [5, 5.41) is 12.2. The first-order chi connectivity index (χ1) is 13.2. The number of aromatic nitrogens is 3. The van der Waals surface area contributed by atoms with Gasteiger partial charge in [0.1, 0.15) is 22.5 Å².